The second-order valence-corrected chi connectivity index (χ2v) is 7.89. The SMILES string of the molecule is CCS(=O)C1CCCCC1NC(=O)CC(O)c1cccc(F)c1. The lowest BCUT2D eigenvalue weighted by Crippen LogP contribution is -2.47. The van der Waals surface area contributed by atoms with E-state index in [2.05, 4.69) is 5.32 Å². The van der Waals surface area contributed by atoms with Crippen LogP contribution in [0.2, 0.25) is 0 Å². The van der Waals surface area contributed by atoms with Gasteiger partial charge in [0.05, 0.1) is 17.8 Å². The number of carbonyl (C=O) groups is 1. The number of halogens is 1. The summed E-state index contributed by atoms with van der Waals surface area (Å²) in [5, 5.41) is 13.0. The van der Waals surface area contributed by atoms with E-state index < -0.39 is 22.7 Å². The van der Waals surface area contributed by atoms with Crippen LogP contribution in [0, 0.1) is 5.82 Å². The Hall–Kier alpha value is -1.27. The van der Waals surface area contributed by atoms with E-state index in [1.54, 1.807) is 6.07 Å². The summed E-state index contributed by atoms with van der Waals surface area (Å²) in [5.74, 6) is -0.137. The fourth-order valence-corrected chi connectivity index (χ4v) is 4.49. The molecule has 1 fully saturated rings. The highest BCUT2D eigenvalue weighted by Gasteiger charge is 2.30. The Morgan fingerprint density at radius 3 is 2.87 bits per heavy atom. The molecule has 0 spiro atoms. The van der Waals surface area contributed by atoms with Crippen molar-refractivity contribution in [2.45, 2.75) is 56.4 Å². The van der Waals surface area contributed by atoms with Crippen molar-refractivity contribution in [2.24, 2.45) is 0 Å². The fraction of sp³-hybridized carbons (Fsp3) is 0.588. The summed E-state index contributed by atoms with van der Waals surface area (Å²) >= 11 is 0. The van der Waals surface area contributed by atoms with Crippen LogP contribution < -0.4 is 5.32 Å². The lowest BCUT2D eigenvalue weighted by Gasteiger charge is -2.31. The summed E-state index contributed by atoms with van der Waals surface area (Å²) in [5.41, 5.74) is 0.387. The minimum absolute atomic E-state index is 0.0102. The molecule has 0 heterocycles. The third-order valence-corrected chi connectivity index (χ3v) is 6.09. The van der Waals surface area contributed by atoms with Gasteiger partial charge in [-0.2, -0.15) is 0 Å². The first-order valence-corrected chi connectivity index (χ1v) is 9.49. The van der Waals surface area contributed by atoms with Crippen LogP contribution in [0.5, 0.6) is 0 Å². The number of hydrogen-bond acceptors (Lipinski definition) is 3. The molecule has 0 aliphatic heterocycles. The molecule has 0 aromatic heterocycles. The van der Waals surface area contributed by atoms with E-state index in [0.29, 0.717) is 11.3 Å². The molecule has 4 nitrogen and oxygen atoms in total. The van der Waals surface area contributed by atoms with Gasteiger partial charge in [0.25, 0.3) is 0 Å². The van der Waals surface area contributed by atoms with Crippen molar-refractivity contribution in [3.63, 3.8) is 0 Å². The molecular weight excluding hydrogens is 317 g/mol. The zero-order valence-electron chi connectivity index (χ0n) is 13.3. The number of aliphatic hydroxyl groups excluding tert-OH is 1. The fourth-order valence-electron chi connectivity index (χ4n) is 3.06. The monoisotopic (exact) mass is 341 g/mol. The quantitative estimate of drug-likeness (QED) is 0.835. The smallest absolute Gasteiger partial charge is 0.223 e. The second-order valence-electron chi connectivity index (χ2n) is 5.94. The van der Waals surface area contributed by atoms with E-state index in [1.807, 2.05) is 6.92 Å². The standard InChI is InChI=1S/C17H24FNO3S/c1-2-23(22)16-9-4-3-8-14(16)19-17(21)11-15(20)12-6-5-7-13(18)10-12/h5-7,10,14-16,20H,2-4,8-9,11H2,1H3,(H,19,21). The molecule has 4 unspecified atom stereocenters. The van der Waals surface area contributed by atoms with Gasteiger partial charge in [-0.05, 0) is 30.5 Å². The topological polar surface area (TPSA) is 66.4 Å². The Labute approximate surface area is 138 Å². The molecule has 1 aliphatic rings. The van der Waals surface area contributed by atoms with Crippen LogP contribution in [0.4, 0.5) is 4.39 Å². The Bertz CT molecular complexity index is 567. The average Bonchev–Trinajstić information content (AvgIpc) is 2.54. The first kappa shape index (κ1) is 18.1. The Kier molecular flexibility index (Phi) is 6.72. The molecule has 0 bridgehead atoms. The van der Waals surface area contributed by atoms with E-state index in [-0.39, 0.29) is 23.6 Å². The molecule has 1 saturated carbocycles. The molecule has 1 aromatic rings. The van der Waals surface area contributed by atoms with E-state index in [0.717, 1.165) is 25.7 Å². The molecule has 2 N–H and O–H groups in total. The zero-order chi connectivity index (χ0) is 16.8. The average molecular weight is 341 g/mol. The predicted octanol–water partition coefficient (Wildman–Crippen LogP) is 2.45. The molecule has 1 aromatic carbocycles. The normalized spacial score (nSPS) is 24.0. The lowest BCUT2D eigenvalue weighted by atomic mass is 9.94. The van der Waals surface area contributed by atoms with Gasteiger partial charge in [-0.15, -0.1) is 0 Å². The molecule has 0 radical (unpaired) electrons. The molecular formula is C17H24FNO3S. The Morgan fingerprint density at radius 1 is 1.43 bits per heavy atom. The minimum atomic E-state index is -1.04. The molecule has 4 atom stereocenters. The maximum Gasteiger partial charge on any atom is 0.223 e. The van der Waals surface area contributed by atoms with Crippen molar-refractivity contribution in [1.82, 2.24) is 5.32 Å². The highest BCUT2D eigenvalue weighted by Crippen LogP contribution is 2.24. The van der Waals surface area contributed by atoms with E-state index in [4.69, 9.17) is 0 Å². The lowest BCUT2D eigenvalue weighted by molar-refractivity contribution is -0.124. The van der Waals surface area contributed by atoms with E-state index >= 15 is 0 Å². The number of aliphatic hydroxyl groups is 1. The van der Waals surface area contributed by atoms with Crippen molar-refractivity contribution in [1.29, 1.82) is 0 Å². The van der Waals surface area contributed by atoms with Crippen molar-refractivity contribution in [2.75, 3.05) is 5.75 Å². The van der Waals surface area contributed by atoms with E-state index in [9.17, 15) is 18.5 Å². The molecule has 1 aliphatic carbocycles. The Morgan fingerprint density at radius 2 is 2.17 bits per heavy atom. The zero-order valence-corrected chi connectivity index (χ0v) is 14.2. The summed E-state index contributed by atoms with van der Waals surface area (Å²) in [6, 6.07) is 5.53. The van der Waals surface area contributed by atoms with Crippen molar-refractivity contribution in [3.05, 3.63) is 35.6 Å². The van der Waals surface area contributed by atoms with Gasteiger partial charge in [0, 0.05) is 22.6 Å². The Balaban J connectivity index is 1.93. The summed E-state index contributed by atoms with van der Waals surface area (Å²) in [6.45, 7) is 1.89. The van der Waals surface area contributed by atoms with Gasteiger partial charge in [-0.1, -0.05) is 31.9 Å². The number of rotatable bonds is 6. The van der Waals surface area contributed by atoms with Crippen LogP contribution in [0.25, 0.3) is 0 Å². The molecule has 1 amide bonds. The maximum atomic E-state index is 13.2. The van der Waals surface area contributed by atoms with Crippen molar-refractivity contribution >= 4 is 16.7 Å². The highest BCUT2D eigenvalue weighted by atomic mass is 32.2. The van der Waals surface area contributed by atoms with E-state index in [1.165, 1.54) is 18.2 Å². The van der Waals surface area contributed by atoms with Gasteiger partial charge in [0.1, 0.15) is 5.82 Å². The van der Waals surface area contributed by atoms with Gasteiger partial charge in [0.15, 0.2) is 0 Å². The van der Waals surface area contributed by atoms with Crippen LogP contribution in [-0.4, -0.2) is 32.3 Å². The maximum absolute atomic E-state index is 13.2. The first-order chi connectivity index (χ1) is 11.0. The molecule has 23 heavy (non-hydrogen) atoms. The van der Waals surface area contributed by atoms with Gasteiger partial charge < -0.3 is 10.4 Å². The summed E-state index contributed by atoms with van der Waals surface area (Å²) in [4.78, 5) is 12.2. The largest absolute Gasteiger partial charge is 0.388 e. The highest BCUT2D eigenvalue weighted by molar-refractivity contribution is 7.85. The van der Waals surface area contributed by atoms with Gasteiger partial charge in [-0.3, -0.25) is 9.00 Å². The minimum Gasteiger partial charge on any atom is -0.388 e. The molecule has 6 heteroatoms. The number of benzene rings is 1. The summed E-state index contributed by atoms with van der Waals surface area (Å²) < 4.78 is 25.3. The number of hydrogen-bond donors (Lipinski definition) is 2. The third-order valence-electron chi connectivity index (χ3n) is 4.28. The third kappa shape index (κ3) is 5.11. The number of carbonyl (C=O) groups excluding carboxylic acids is 1. The molecule has 2 rings (SSSR count). The van der Waals surface area contributed by atoms with Crippen LogP contribution in [0.3, 0.4) is 0 Å². The van der Waals surface area contributed by atoms with Crippen molar-refractivity contribution < 1.29 is 18.5 Å². The van der Waals surface area contributed by atoms with Gasteiger partial charge in [0.2, 0.25) is 5.91 Å². The van der Waals surface area contributed by atoms with Crippen LogP contribution in [-0.2, 0) is 15.6 Å². The first-order valence-electron chi connectivity index (χ1n) is 8.11. The molecule has 0 saturated heterocycles. The molecule has 128 valence electrons. The van der Waals surface area contributed by atoms with Crippen LogP contribution >= 0.6 is 0 Å². The van der Waals surface area contributed by atoms with Crippen molar-refractivity contribution in [3.8, 4) is 0 Å². The summed E-state index contributed by atoms with van der Waals surface area (Å²) in [7, 11) is -0.938. The predicted molar refractivity (Wildman–Crippen MR) is 88.8 cm³/mol. The second kappa shape index (κ2) is 8.55. The van der Waals surface area contributed by atoms with Gasteiger partial charge in [-0.25, -0.2) is 4.39 Å². The van der Waals surface area contributed by atoms with Crippen LogP contribution in [0.15, 0.2) is 24.3 Å². The van der Waals surface area contributed by atoms with Gasteiger partial charge >= 0.3 is 0 Å². The summed E-state index contributed by atoms with van der Waals surface area (Å²) in [6.07, 6.45) is 2.56. The van der Waals surface area contributed by atoms with Crippen LogP contribution in [0.1, 0.15) is 50.7 Å². The number of nitrogens with one attached hydrogen (secondary N) is 1. The number of amides is 1.